The van der Waals surface area contributed by atoms with Crippen molar-refractivity contribution >= 4 is 51.2 Å². The molecule has 8 heteroatoms. The molecular weight excluding hydrogens is 330 g/mol. The molecule has 0 unspecified atom stereocenters. The first-order valence-corrected chi connectivity index (χ1v) is 8.35. The number of thiophene rings is 1. The maximum absolute atomic E-state index is 12.4. The first-order chi connectivity index (χ1) is 10.0. The van der Waals surface area contributed by atoms with Crippen LogP contribution in [0.5, 0.6) is 0 Å². The lowest BCUT2D eigenvalue weighted by Gasteiger charge is -2.25. The van der Waals surface area contributed by atoms with Gasteiger partial charge in [0.2, 0.25) is 5.91 Å². The number of thiazole rings is 1. The van der Waals surface area contributed by atoms with E-state index in [-0.39, 0.29) is 11.8 Å². The second-order valence-corrected chi connectivity index (χ2v) is 7.45. The largest absolute Gasteiger partial charge is 0.332 e. The second kappa shape index (κ2) is 5.75. The van der Waals surface area contributed by atoms with Gasteiger partial charge in [-0.1, -0.05) is 22.9 Å². The molecule has 0 spiro atoms. The number of aromatic nitrogens is 1. The van der Waals surface area contributed by atoms with Crippen molar-refractivity contribution in [3.63, 3.8) is 0 Å². The van der Waals surface area contributed by atoms with Gasteiger partial charge in [-0.05, 0) is 12.1 Å². The molecule has 1 aliphatic rings. The highest BCUT2D eigenvalue weighted by molar-refractivity contribution is 7.18. The highest BCUT2D eigenvalue weighted by Crippen LogP contribution is 2.30. The van der Waals surface area contributed by atoms with E-state index in [0.717, 1.165) is 10.6 Å². The van der Waals surface area contributed by atoms with Gasteiger partial charge in [0, 0.05) is 24.8 Å². The summed E-state index contributed by atoms with van der Waals surface area (Å²) in [6, 6.07) is 3.48. The summed E-state index contributed by atoms with van der Waals surface area (Å²) in [5.41, 5.74) is 0.969. The first kappa shape index (κ1) is 14.5. The van der Waals surface area contributed by atoms with Gasteiger partial charge in [-0.15, -0.1) is 11.3 Å². The fourth-order valence-electron chi connectivity index (χ4n) is 2.16. The Kier molecular flexibility index (Phi) is 3.97. The van der Waals surface area contributed by atoms with E-state index in [9.17, 15) is 9.59 Å². The van der Waals surface area contributed by atoms with Crippen LogP contribution >= 0.6 is 34.3 Å². The average molecular weight is 342 g/mol. The number of carbonyl (C=O) groups excluding carboxylic acids is 2. The third-order valence-corrected chi connectivity index (χ3v) is 5.30. The molecule has 0 fully saturated rings. The van der Waals surface area contributed by atoms with Crippen LogP contribution in [0.15, 0.2) is 12.1 Å². The Morgan fingerprint density at radius 1 is 1.38 bits per heavy atom. The first-order valence-electron chi connectivity index (χ1n) is 6.33. The molecule has 0 bridgehead atoms. The Labute approximate surface area is 134 Å². The van der Waals surface area contributed by atoms with Gasteiger partial charge in [-0.2, -0.15) is 0 Å². The minimum absolute atomic E-state index is 0.00738. The fraction of sp³-hybridized carbons (Fsp3) is 0.308. The minimum atomic E-state index is -0.137. The van der Waals surface area contributed by atoms with E-state index >= 15 is 0 Å². The second-order valence-electron chi connectivity index (χ2n) is 4.65. The van der Waals surface area contributed by atoms with Crippen LogP contribution < -0.4 is 5.32 Å². The van der Waals surface area contributed by atoms with Gasteiger partial charge in [0.15, 0.2) is 5.13 Å². The predicted molar refractivity (Wildman–Crippen MR) is 84.2 cm³/mol. The van der Waals surface area contributed by atoms with Crippen molar-refractivity contribution < 1.29 is 9.59 Å². The Balaban J connectivity index is 1.76. The number of hydrogen-bond acceptors (Lipinski definition) is 5. The molecule has 2 amide bonds. The minimum Gasteiger partial charge on any atom is -0.332 e. The number of fused-ring (bicyclic) bond motifs is 1. The zero-order chi connectivity index (χ0) is 15.0. The third-order valence-electron chi connectivity index (χ3n) is 3.09. The number of nitrogens with zero attached hydrogens (tertiary/aromatic N) is 2. The summed E-state index contributed by atoms with van der Waals surface area (Å²) in [6.45, 7) is 2.61. The van der Waals surface area contributed by atoms with Gasteiger partial charge in [0.25, 0.3) is 5.91 Å². The Hall–Kier alpha value is -1.44. The van der Waals surface area contributed by atoms with Crippen LogP contribution in [0.3, 0.4) is 0 Å². The Morgan fingerprint density at radius 2 is 2.19 bits per heavy atom. The molecule has 0 aliphatic carbocycles. The van der Waals surface area contributed by atoms with Gasteiger partial charge in [0.05, 0.1) is 21.5 Å². The van der Waals surface area contributed by atoms with Crippen LogP contribution in [0.4, 0.5) is 5.13 Å². The summed E-state index contributed by atoms with van der Waals surface area (Å²) in [5, 5.41) is 3.29. The van der Waals surface area contributed by atoms with Gasteiger partial charge < -0.3 is 10.2 Å². The van der Waals surface area contributed by atoms with Gasteiger partial charge in [0.1, 0.15) is 0 Å². The van der Waals surface area contributed by atoms with E-state index in [4.69, 9.17) is 11.6 Å². The van der Waals surface area contributed by atoms with Crippen molar-refractivity contribution in [3.8, 4) is 0 Å². The molecule has 110 valence electrons. The monoisotopic (exact) mass is 341 g/mol. The maximum Gasteiger partial charge on any atom is 0.264 e. The third kappa shape index (κ3) is 3.09. The van der Waals surface area contributed by atoms with E-state index in [1.165, 1.54) is 29.6 Å². The number of amides is 2. The van der Waals surface area contributed by atoms with Gasteiger partial charge >= 0.3 is 0 Å². The fourth-order valence-corrected chi connectivity index (χ4v) is 4.24. The molecule has 0 atom stereocenters. The van der Waals surface area contributed by atoms with Crippen LogP contribution in [0.25, 0.3) is 0 Å². The topological polar surface area (TPSA) is 62.3 Å². The number of carbonyl (C=O) groups is 2. The average Bonchev–Trinajstić information content (AvgIpc) is 3.01. The molecule has 2 aromatic rings. The molecule has 0 radical (unpaired) electrons. The summed E-state index contributed by atoms with van der Waals surface area (Å²) < 4.78 is 0.613. The lowest BCUT2D eigenvalue weighted by molar-refractivity contribution is -0.114. The summed E-state index contributed by atoms with van der Waals surface area (Å²) in [6.07, 6.45) is 0.705. The summed E-state index contributed by atoms with van der Waals surface area (Å²) >= 11 is 8.59. The summed E-state index contributed by atoms with van der Waals surface area (Å²) in [5.74, 6) is -0.144. The predicted octanol–water partition coefficient (Wildman–Crippen LogP) is 3.01. The zero-order valence-electron chi connectivity index (χ0n) is 11.2. The molecule has 5 nitrogen and oxygen atoms in total. The lowest BCUT2D eigenvalue weighted by Crippen LogP contribution is -2.35. The normalized spacial score (nSPS) is 13.9. The maximum atomic E-state index is 12.4. The van der Waals surface area contributed by atoms with Gasteiger partial charge in [-0.3, -0.25) is 9.59 Å². The smallest absolute Gasteiger partial charge is 0.264 e. The van der Waals surface area contributed by atoms with Crippen LogP contribution in [-0.4, -0.2) is 28.2 Å². The molecule has 21 heavy (non-hydrogen) atoms. The van der Waals surface area contributed by atoms with Crippen molar-refractivity contribution in [2.75, 3.05) is 11.9 Å². The highest BCUT2D eigenvalue weighted by atomic mass is 35.5. The number of halogens is 1. The van der Waals surface area contributed by atoms with Crippen LogP contribution in [0.2, 0.25) is 4.34 Å². The Bertz CT molecular complexity index is 710. The lowest BCUT2D eigenvalue weighted by atomic mass is 10.2. The molecule has 1 aliphatic heterocycles. The van der Waals surface area contributed by atoms with Crippen LogP contribution in [0, 0.1) is 0 Å². The molecular formula is C13H12ClN3O2S2. The summed E-state index contributed by atoms with van der Waals surface area (Å²) in [7, 11) is 0. The number of anilines is 1. The number of hydrogen-bond donors (Lipinski definition) is 1. The quantitative estimate of drug-likeness (QED) is 0.913. The molecule has 2 aromatic heterocycles. The summed E-state index contributed by atoms with van der Waals surface area (Å²) in [4.78, 5) is 31.3. The van der Waals surface area contributed by atoms with Crippen molar-refractivity contribution in [2.24, 2.45) is 0 Å². The van der Waals surface area contributed by atoms with E-state index in [1.807, 2.05) is 0 Å². The molecule has 1 N–H and O–H groups in total. The van der Waals surface area contributed by atoms with E-state index in [1.54, 1.807) is 17.0 Å². The van der Waals surface area contributed by atoms with Crippen molar-refractivity contribution in [2.45, 2.75) is 19.9 Å². The zero-order valence-corrected chi connectivity index (χ0v) is 13.6. The van der Waals surface area contributed by atoms with Crippen LogP contribution in [0.1, 0.15) is 27.2 Å². The molecule has 0 saturated carbocycles. The molecule has 0 aromatic carbocycles. The van der Waals surface area contributed by atoms with Crippen molar-refractivity contribution in [1.82, 2.24) is 9.88 Å². The van der Waals surface area contributed by atoms with Crippen molar-refractivity contribution in [1.29, 1.82) is 0 Å². The molecule has 3 heterocycles. The van der Waals surface area contributed by atoms with Gasteiger partial charge in [-0.25, -0.2) is 4.98 Å². The van der Waals surface area contributed by atoms with E-state index < -0.39 is 0 Å². The SMILES string of the molecule is CC(=O)Nc1nc2c(s1)CN(C(=O)c1ccc(Cl)s1)CC2. The van der Waals surface area contributed by atoms with Crippen molar-refractivity contribution in [3.05, 3.63) is 31.9 Å². The standard InChI is InChI=1S/C13H12ClN3O2S2/c1-7(18)15-13-16-8-4-5-17(6-10(8)21-13)12(19)9-2-3-11(14)20-9/h2-3H,4-6H2,1H3,(H,15,16,18). The molecule has 0 saturated heterocycles. The Morgan fingerprint density at radius 3 is 2.86 bits per heavy atom. The van der Waals surface area contributed by atoms with Crippen LogP contribution in [-0.2, 0) is 17.8 Å². The number of nitrogens with one attached hydrogen (secondary N) is 1. The van der Waals surface area contributed by atoms with E-state index in [2.05, 4.69) is 10.3 Å². The highest BCUT2D eigenvalue weighted by Gasteiger charge is 2.25. The molecule has 3 rings (SSSR count). The number of rotatable bonds is 2. The van der Waals surface area contributed by atoms with E-state index in [0.29, 0.717) is 33.9 Å².